The van der Waals surface area contributed by atoms with E-state index >= 15 is 0 Å². The maximum Gasteiger partial charge on any atom is 0.226 e. The molecule has 0 radical (unpaired) electrons. The number of carbonyl (C=O) groups is 1. The van der Waals surface area contributed by atoms with Crippen molar-refractivity contribution in [1.29, 1.82) is 0 Å². The van der Waals surface area contributed by atoms with E-state index < -0.39 is 0 Å². The van der Waals surface area contributed by atoms with Crippen LogP contribution in [0.15, 0.2) is 72.9 Å². The number of aromatic nitrogens is 2. The summed E-state index contributed by atoms with van der Waals surface area (Å²) in [5.74, 6) is -0.0341. The Morgan fingerprint density at radius 1 is 0.949 bits per heavy atom. The van der Waals surface area contributed by atoms with Gasteiger partial charge in [-0.25, -0.2) is 0 Å². The third kappa shape index (κ3) is 5.19. The highest BCUT2D eigenvalue weighted by molar-refractivity contribution is 7.80. The molecule has 6 nitrogen and oxygen atoms in total. The number of nitrogens with one attached hydrogen (secondary N) is 2. The lowest BCUT2D eigenvalue weighted by molar-refractivity contribution is -0.116. The fourth-order valence-corrected chi connectivity index (χ4v) is 6.05. The highest BCUT2D eigenvalue weighted by Crippen LogP contribution is 2.42. The topological polar surface area (TPSA) is 62.2 Å². The lowest BCUT2D eigenvalue weighted by Crippen LogP contribution is -2.33. The molecule has 7 heteroatoms. The zero-order chi connectivity index (χ0) is 27.7. The molecule has 1 aliphatic rings. The third-order valence-corrected chi connectivity index (χ3v) is 8.00. The average Bonchev–Trinajstić information content (AvgIpc) is 3.39. The van der Waals surface area contributed by atoms with Crippen LogP contribution < -0.4 is 10.6 Å². The number of benzene rings is 2. The molecule has 0 bridgehead atoms. The van der Waals surface area contributed by atoms with Crippen molar-refractivity contribution in [3.8, 4) is 5.69 Å². The molecule has 4 aromatic rings. The smallest absolute Gasteiger partial charge is 0.226 e. The number of hydrogen-bond acceptors (Lipinski definition) is 3. The molecule has 2 aromatic carbocycles. The number of carbonyl (C=O) groups excluding carboxylic acids is 1. The van der Waals surface area contributed by atoms with E-state index in [-0.39, 0.29) is 18.0 Å². The van der Waals surface area contributed by atoms with Crippen molar-refractivity contribution in [2.24, 2.45) is 0 Å². The summed E-state index contributed by atoms with van der Waals surface area (Å²) < 4.78 is 2.35. The maximum absolute atomic E-state index is 13.0. The van der Waals surface area contributed by atoms with E-state index in [2.05, 4.69) is 77.0 Å². The van der Waals surface area contributed by atoms with Gasteiger partial charge in [-0.3, -0.25) is 9.78 Å². The van der Waals surface area contributed by atoms with Gasteiger partial charge in [-0.1, -0.05) is 42.5 Å². The van der Waals surface area contributed by atoms with Crippen LogP contribution in [0.2, 0.25) is 0 Å². The first kappa shape index (κ1) is 26.6. The molecule has 0 saturated carbocycles. The zero-order valence-corrected chi connectivity index (χ0v) is 24.0. The SMILES string of the molecule is Cc1ccccc1NC(=O)CCN1C(=S)NC(c2ccccn2)C1c1cc(C)n(-c2c(C)cccc2C)c1C. The first-order chi connectivity index (χ1) is 18.8. The van der Waals surface area contributed by atoms with Crippen molar-refractivity contribution in [1.82, 2.24) is 19.8 Å². The molecule has 1 fully saturated rings. The molecule has 39 heavy (non-hydrogen) atoms. The first-order valence-corrected chi connectivity index (χ1v) is 13.8. The van der Waals surface area contributed by atoms with E-state index in [4.69, 9.17) is 12.2 Å². The summed E-state index contributed by atoms with van der Waals surface area (Å²) in [6, 6.07) is 22.2. The van der Waals surface area contributed by atoms with Gasteiger partial charge < -0.3 is 20.1 Å². The highest BCUT2D eigenvalue weighted by atomic mass is 32.1. The molecule has 1 saturated heterocycles. The number of pyridine rings is 1. The number of aryl methyl sites for hydroxylation is 4. The predicted octanol–water partition coefficient (Wildman–Crippen LogP) is 6.42. The largest absolute Gasteiger partial charge is 0.352 e. The van der Waals surface area contributed by atoms with E-state index in [1.807, 2.05) is 55.6 Å². The summed E-state index contributed by atoms with van der Waals surface area (Å²) >= 11 is 5.86. The van der Waals surface area contributed by atoms with Crippen LogP contribution in [0.5, 0.6) is 0 Å². The highest BCUT2D eigenvalue weighted by Gasteiger charge is 2.41. The van der Waals surface area contributed by atoms with E-state index in [0.717, 1.165) is 28.3 Å². The van der Waals surface area contributed by atoms with Gasteiger partial charge in [0.1, 0.15) is 0 Å². The number of hydrogen-bond donors (Lipinski definition) is 2. The minimum absolute atomic E-state index is 0.0341. The lowest BCUT2D eigenvalue weighted by Gasteiger charge is -2.28. The summed E-state index contributed by atoms with van der Waals surface area (Å²) in [6.07, 6.45) is 2.13. The Kier molecular flexibility index (Phi) is 7.53. The standard InChI is InChI=1S/C32H35N5OS/c1-20-11-6-7-14-26(20)34-28(38)16-18-36-31(29(35-32(36)39)27-15-8-9-17-33-27)25-19-23(4)37(24(25)5)30-21(2)12-10-13-22(30)3/h6-15,17,19,29,31H,16,18H2,1-5H3,(H,34,38)(H,35,39). The van der Waals surface area contributed by atoms with Crippen molar-refractivity contribution >= 4 is 28.9 Å². The Morgan fingerprint density at radius 3 is 2.33 bits per heavy atom. The van der Waals surface area contributed by atoms with Crippen LogP contribution in [0, 0.1) is 34.6 Å². The Bertz CT molecular complexity index is 1510. The van der Waals surface area contributed by atoms with E-state index in [9.17, 15) is 4.79 Å². The second kappa shape index (κ2) is 11.0. The Hall–Kier alpha value is -3.97. The normalized spacial score (nSPS) is 16.8. The van der Waals surface area contributed by atoms with Gasteiger partial charge in [-0.2, -0.15) is 0 Å². The van der Waals surface area contributed by atoms with E-state index in [1.165, 1.54) is 22.4 Å². The Balaban J connectivity index is 1.50. The van der Waals surface area contributed by atoms with Crippen LogP contribution >= 0.6 is 12.2 Å². The van der Waals surface area contributed by atoms with Gasteiger partial charge in [0.15, 0.2) is 5.11 Å². The van der Waals surface area contributed by atoms with E-state index in [1.54, 1.807) is 0 Å². The third-order valence-electron chi connectivity index (χ3n) is 7.65. The molecule has 0 spiro atoms. The fraction of sp³-hybridized carbons (Fsp3) is 0.281. The Morgan fingerprint density at radius 2 is 1.64 bits per heavy atom. The molecule has 1 amide bonds. The van der Waals surface area contributed by atoms with Crippen LogP contribution in [-0.2, 0) is 4.79 Å². The number of para-hydroxylation sites is 2. The van der Waals surface area contributed by atoms with Gasteiger partial charge in [0, 0.05) is 36.2 Å². The number of nitrogens with zero attached hydrogens (tertiary/aromatic N) is 3. The maximum atomic E-state index is 13.0. The van der Waals surface area contributed by atoms with Crippen LogP contribution in [-0.4, -0.2) is 32.0 Å². The van der Waals surface area contributed by atoms with Crippen LogP contribution in [0.25, 0.3) is 5.69 Å². The second-order valence-electron chi connectivity index (χ2n) is 10.3. The average molecular weight is 538 g/mol. The van der Waals surface area contributed by atoms with Crippen molar-refractivity contribution in [2.45, 2.75) is 53.1 Å². The number of thiocarbonyl (C=S) groups is 1. The minimum Gasteiger partial charge on any atom is -0.352 e. The lowest BCUT2D eigenvalue weighted by atomic mass is 9.96. The van der Waals surface area contributed by atoms with Gasteiger partial charge in [0.2, 0.25) is 5.91 Å². The summed E-state index contributed by atoms with van der Waals surface area (Å²) in [5.41, 5.74) is 9.98. The molecule has 5 rings (SSSR count). The summed E-state index contributed by atoms with van der Waals surface area (Å²) in [4.78, 5) is 19.8. The zero-order valence-electron chi connectivity index (χ0n) is 23.2. The summed E-state index contributed by atoms with van der Waals surface area (Å²) in [6.45, 7) is 11.1. The molecular weight excluding hydrogens is 502 g/mol. The molecule has 1 aliphatic heterocycles. The first-order valence-electron chi connectivity index (χ1n) is 13.3. The monoisotopic (exact) mass is 537 g/mol. The molecule has 2 unspecified atom stereocenters. The van der Waals surface area contributed by atoms with Crippen molar-refractivity contribution in [3.63, 3.8) is 0 Å². The van der Waals surface area contributed by atoms with Crippen molar-refractivity contribution in [2.75, 3.05) is 11.9 Å². The van der Waals surface area contributed by atoms with Gasteiger partial charge >= 0.3 is 0 Å². The van der Waals surface area contributed by atoms with Crippen LogP contribution in [0.3, 0.4) is 0 Å². The van der Waals surface area contributed by atoms with Gasteiger partial charge in [-0.05, 0) is 93.4 Å². The summed E-state index contributed by atoms with van der Waals surface area (Å²) in [5, 5.41) is 7.22. The van der Waals surface area contributed by atoms with Crippen LogP contribution in [0.1, 0.15) is 57.8 Å². The van der Waals surface area contributed by atoms with Gasteiger partial charge in [-0.15, -0.1) is 0 Å². The minimum atomic E-state index is -0.134. The molecule has 3 heterocycles. The predicted molar refractivity (Wildman–Crippen MR) is 161 cm³/mol. The fourth-order valence-electron chi connectivity index (χ4n) is 5.72. The number of anilines is 1. The second-order valence-corrected chi connectivity index (χ2v) is 10.7. The van der Waals surface area contributed by atoms with Crippen molar-refractivity contribution < 1.29 is 4.79 Å². The molecule has 2 N–H and O–H groups in total. The molecule has 200 valence electrons. The van der Waals surface area contributed by atoms with Crippen molar-refractivity contribution in [3.05, 3.63) is 112 Å². The van der Waals surface area contributed by atoms with Gasteiger partial charge in [0.05, 0.1) is 23.5 Å². The van der Waals surface area contributed by atoms with Gasteiger partial charge in [0.25, 0.3) is 0 Å². The van der Waals surface area contributed by atoms with Crippen LogP contribution in [0.4, 0.5) is 5.69 Å². The quantitative estimate of drug-likeness (QED) is 0.267. The number of rotatable bonds is 7. The molecular formula is C32H35N5OS. The Labute approximate surface area is 236 Å². The number of amides is 1. The van der Waals surface area contributed by atoms with E-state index in [0.29, 0.717) is 18.1 Å². The summed E-state index contributed by atoms with van der Waals surface area (Å²) in [7, 11) is 0. The molecule has 2 aromatic heterocycles. The molecule has 2 atom stereocenters. The molecule has 0 aliphatic carbocycles.